The van der Waals surface area contributed by atoms with E-state index in [4.69, 9.17) is 14.7 Å². The van der Waals surface area contributed by atoms with E-state index < -0.39 is 0 Å². The molecule has 2 fully saturated rings. The number of aryl methyl sites for hydroxylation is 2. The molecule has 5 heterocycles. The van der Waals surface area contributed by atoms with Gasteiger partial charge in [0.1, 0.15) is 17.9 Å². The van der Waals surface area contributed by atoms with E-state index in [9.17, 15) is 10.1 Å². The van der Waals surface area contributed by atoms with Gasteiger partial charge in [0.2, 0.25) is 0 Å². The number of nitrogens with one attached hydrogen (secondary N) is 2. The molecule has 12 nitrogen and oxygen atoms in total. The van der Waals surface area contributed by atoms with Crippen molar-refractivity contribution in [2.24, 2.45) is 0 Å². The Labute approximate surface area is 232 Å². The van der Waals surface area contributed by atoms with Crippen LogP contribution in [0.25, 0.3) is 27.6 Å². The Kier molecular flexibility index (Phi) is 6.85. The SMILES string of the molecule is Cc1cc2[nH]ncc2c(-n2c(C)nc3c(N4CCN[C@@H](CC#N)C4)nc(OC[C@@H]4CCCN4C)nc3c2=O)c1C. The number of likely N-dealkylation sites (tertiary alicyclic amines) is 1. The van der Waals surface area contributed by atoms with Crippen molar-refractivity contribution in [3.63, 3.8) is 0 Å². The van der Waals surface area contributed by atoms with Gasteiger partial charge in [0.25, 0.3) is 5.56 Å². The first kappa shape index (κ1) is 26.2. The molecule has 0 amide bonds. The lowest BCUT2D eigenvalue weighted by atomic mass is 10.0. The van der Waals surface area contributed by atoms with Gasteiger partial charge >= 0.3 is 6.01 Å². The summed E-state index contributed by atoms with van der Waals surface area (Å²) in [5.41, 5.74) is 3.96. The number of aromatic amines is 1. The number of nitrogens with zero attached hydrogens (tertiary/aromatic N) is 8. The summed E-state index contributed by atoms with van der Waals surface area (Å²) < 4.78 is 7.79. The van der Waals surface area contributed by atoms with E-state index in [-0.39, 0.29) is 29.2 Å². The van der Waals surface area contributed by atoms with E-state index in [0.29, 0.717) is 49.8 Å². The molecule has 2 aliphatic heterocycles. The van der Waals surface area contributed by atoms with Crippen molar-refractivity contribution in [1.82, 2.24) is 39.9 Å². The summed E-state index contributed by atoms with van der Waals surface area (Å²) in [7, 11) is 2.09. The molecule has 6 rings (SSSR count). The standard InChI is InChI=1S/C28H34N10O2/c1-16-12-22-21(13-31-35-22)25(17(16)2)38-18(3)32-23-24(27(38)39)33-28(40-15-20-6-5-10-36(20)4)34-26(23)37-11-9-30-19(14-37)7-8-29/h12-13,19-20,30H,5-7,9-11,14-15H2,1-4H3,(H,31,35)/t19-,20-/m0/s1. The minimum Gasteiger partial charge on any atom is -0.462 e. The summed E-state index contributed by atoms with van der Waals surface area (Å²) in [4.78, 5) is 33.1. The highest BCUT2D eigenvalue weighted by Gasteiger charge is 2.28. The van der Waals surface area contributed by atoms with Crippen LogP contribution in [0.2, 0.25) is 0 Å². The molecule has 3 aromatic heterocycles. The Morgan fingerprint density at radius 1 is 1.18 bits per heavy atom. The van der Waals surface area contributed by atoms with Crippen molar-refractivity contribution in [2.45, 2.75) is 52.1 Å². The molecule has 0 spiro atoms. The molecule has 1 aromatic carbocycles. The molecule has 2 N–H and O–H groups in total. The highest BCUT2D eigenvalue weighted by Crippen LogP contribution is 2.30. The normalized spacial score (nSPS) is 19.9. The molecule has 12 heteroatoms. The number of hydrogen-bond donors (Lipinski definition) is 2. The summed E-state index contributed by atoms with van der Waals surface area (Å²) in [6.45, 7) is 9.25. The minimum absolute atomic E-state index is 0.00828. The number of aromatic nitrogens is 6. The molecule has 208 valence electrons. The quantitative estimate of drug-likeness (QED) is 0.372. The van der Waals surface area contributed by atoms with Crippen LogP contribution in [0.3, 0.4) is 0 Å². The number of hydrogen-bond acceptors (Lipinski definition) is 10. The fourth-order valence-corrected chi connectivity index (χ4v) is 5.91. The summed E-state index contributed by atoms with van der Waals surface area (Å²) in [6.07, 6.45) is 4.29. The Hall–Kier alpha value is -4.08. The molecule has 2 atom stereocenters. The number of anilines is 1. The number of fused-ring (bicyclic) bond motifs is 2. The molecule has 0 bridgehead atoms. The van der Waals surface area contributed by atoms with Gasteiger partial charge in [0.05, 0.1) is 29.9 Å². The molecule has 0 radical (unpaired) electrons. The van der Waals surface area contributed by atoms with Gasteiger partial charge in [-0.3, -0.25) is 14.5 Å². The van der Waals surface area contributed by atoms with Crippen LogP contribution in [-0.2, 0) is 0 Å². The van der Waals surface area contributed by atoms with E-state index in [2.05, 4.69) is 43.4 Å². The van der Waals surface area contributed by atoms with Crippen LogP contribution in [0.5, 0.6) is 6.01 Å². The highest BCUT2D eigenvalue weighted by atomic mass is 16.5. The lowest BCUT2D eigenvalue weighted by Crippen LogP contribution is -2.51. The third-order valence-corrected chi connectivity index (χ3v) is 8.27. The van der Waals surface area contributed by atoms with Crippen LogP contribution in [0.15, 0.2) is 17.1 Å². The number of rotatable bonds is 6. The molecular formula is C28H34N10O2. The number of benzene rings is 1. The lowest BCUT2D eigenvalue weighted by Gasteiger charge is -2.34. The summed E-state index contributed by atoms with van der Waals surface area (Å²) in [6, 6.07) is 4.72. The molecule has 0 saturated carbocycles. The summed E-state index contributed by atoms with van der Waals surface area (Å²) in [5, 5.41) is 20.8. The topological polar surface area (TPSA) is 141 Å². The van der Waals surface area contributed by atoms with E-state index in [1.807, 2.05) is 26.8 Å². The molecule has 2 saturated heterocycles. The highest BCUT2D eigenvalue weighted by molar-refractivity contribution is 5.91. The Bertz CT molecular complexity index is 1690. The van der Waals surface area contributed by atoms with Crippen LogP contribution in [-0.4, -0.2) is 86.5 Å². The molecule has 2 aliphatic rings. The third-order valence-electron chi connectivity index (χ3n) is 8.27. The van der Waals surface area contributed by atoms with Gasteiger partial charge in [-0.15, -0.1) is 0 Å². The van der Waals surface area contributed by atoms with Crippen molar-refractivity contribution in [3.05, 3.63) is 39.6 Å². The molecule has 40 heavy (non-hydrogen) atoms. The Morgan fingerprint density at radius 2 is 2.02 bits per heavy atom. The van der Waals surface area contributed by atoms with Crippen LogP contribution < -0.4 is 20.5 Å². The largest absolute Gasteiger partial charge is 0.462 e. The van der Waals surface area contributed by atoms with Gasteiger partial charge in [0.15, 0.2) is 11.3 Å². The number of H-pyrrole nitrogens is 1. The fraction of sp³-hybridized carbons (Fsp3) is 0.500. The van der Waals surface area contributed by atoms with Gasteiger partial charge in [-0.1, -0.05) is 0 Å². The third kappa shape index (κ3) is 4.55. The second-order valence-corrected chi connectivity index (χ2v) is 10.9. The van der Waals surface area contributed by atoms with Crippen LogP contribution in [0.1, 0.15) is 36.2 Å². The van der Waals surface area contributed by atoms with E-state index in [0.717, 1.165) is 47.1 Å². The number of piperazine rings is 1. The second kappa shape index (κ2) is 10.5. The van der Waals surface area contributed by atoms with Crippen molar-refractivity contribution in [2.75, 3.05) is 44.7 Å². The van der Waals surface area contributed by atoms with Crippen LogP contribution >= 0.6 is 0 Å². The smallest absolute Gasteiger partial charge is 0.319 e. The zero-order valence-corrected chi connectivity index (χ0v) is 23.4. The maximum Gasteiger partial charge on any atom is 0.319 e. The Morgan fingerprint density at radius 3 is 2.80 bits per heavy atom. The fourth-order valence-electron chi connectivity index (χ4n) is 5.91. The van der Waals surface area contributed by atoms with Crippen molar-refractivity contribution < 1.29 is 4.74 Å². The predicted molar refractivity (Wildman–Crippen MR) is 152 cm³/mol. The first-order valence-corrected chi connectivity index (χ1v) is 13.8. The minimum atomic E-state index is -0.283. The number of likely N-dealkylation sites (N-methyl/N-ethyl adjacent to an activating group) is 1. The second-order valence-electron chi connectivity index (χ2n) is 10.9. The van der Waals surface area contributed by atoms with E-state index in [1.165, 1.54) is 0 Å². The van der Waals surface area contributed by atoms with Crippen molar-refractivity contribution in [3.8, 4) is 17.8 Å². The van der Waals surface area contributed by atoms with Crippen molar-refractivity contribution in [1.29, 1.82) is 5.26 Å². The van der Waals surface area contributed by atoms with Gasteiger partial charge in [-0.2, -0.15) is 20.3 Å². The monoisotopic (exact) mass is 542 g/mol. The number of ether oxygens (including phenoxy) is 1. The molecule has 4 aromatic rings. The van der Waals surface area contributed by atoms with Gasteiger partial charge in [0, 0.05) is 37.1 Å². The number of nitriles is 1. The van der Waals surface area contributed by atoms with Gasteiger partial charge < -0.3 is 19.9 Å². The average molecular weight is 543 g/mol. The van der Waals surface area contributed by atoms with Crippen LogP contribution in [0, 0.1) is 32.1 Å². The van der Waals surface area contributed by atoms with Crippen molar-refractivity contribution >= 4 is 27.8 Å². The van der Waals surface area contributed by atoms with Gasteiger partial charge in [-0.25, -0.2) is 4.98 Å². The van der Waals surface area contributed by atoms with Crippen LogP contribution in [0.4, 0.5) is 5.82 Å². The first-order chi connectivity index (χ1) is 19.4. The predicted octanol–water partition coefficient (Wildman–Crippen LogP) is 2.14. The molecule has 0 aliphatic carbocycles. The first-order valence-electron chi connectivity index (χ1n) is 13.8. The van der Waals surface area contributed by atoms with E-state index in [1.54, 1.807) is 10.8 Å². The summed E-state index contributed by atoms with van der Waals surface area (Å²) in [5.74, 6) is 1.09. The van der Waals surface area contributed by atoms with E-state index >= 15 is 0 Å². The lowest BCUT2D eigenvalue weighted by molar-refractivity contribution is 0.188. The zero-order chi connectivity index (χ0) is 28.0. The summed E-state index contributed by atoms with van der Waals surface area (Å²) >= 11 is 0. The maximum atomic E-state index is 14.3. The maximum absolute atomic E-state index is 14.3. The molecule has 0 unspecified atom stereocenters. The zero-order valence-electron chi connectivity index (χ0n) is 23.4. The Balaban J connectivity index is 1.52. The average Bonchev–Trinajstić information content (AvgIpc) is 3.58. The van der Waals surface area contributed by atoms with Gasteiger partial charge in [-0.05, 0) is 64.4 Å². The molecular weight excluding hydrogens is 508 g/mol.